The largest absolute Gasteiger partial charge is 0.290 e. The molecule has 0 atom stereocenters. The summed E-state index contributed by atoms with van der Waals surface area (Å²) in [5.74, 6) is 0.977. The Morgan fingerprint density at radius 1 is 1.67 bits per heavy atom. The van der Waals surface area contributed by atoms with Crippen molar-refractivity contribution in [2.75, 3.05) is 4.90 Å². The third kappa shape index (κ3) is 1.66. The average molecular weight is 162 g/mol. The van der Waals surface area contributed by atoms with Crippen molar-refractivity contribution in [3.8, 4) is 0 Å². The van der Waals surface area contributed by atoms with E-state index in [9.17, 15) is 0 Å². The van der Waals surface area contributed by atoms with Crippen LogP contribution in [0.4, 0.5) is 5.82 Å². The Bertz CT molecular complexity index is 280. The summed E-state index contributed by atoms with van der Waals surface area (Å²) in [5, 5.41) is 7.38. The summed E-state index contributed by atoms with van der Waals surface area (Å²) in [6, 6.07) is 0. The minimum absolute atomic E-state index is 0.366. The Balaban J connectivity index is 2.95. The van der Waals surface area contributed by atoms with Crippen molar-refractivity contribution >= 4 is 11.7 Å². The number of nitrogens with one attached hydrogen (secondary N) is 1. The molecule has 1 N–H and O–H groups in total. The van der Waals surface area contributed by atoms with E-state index in [1.807, 2.05) is 0 Å². The standard InChI is InChI=1S/C8H10N4/c1-3-12(7(2)9)8-6-10-4-5-11-8/h3-6,9H,1H2,2H3. The molecule has 1 aromatic rings. The van der Waals surface area contributed by atoms with Crippen LogP contribution in [0.2, 0.25) is 0 Å². The van der Waals surface area contributed by atoms with E-state index in [1.54, 1.807) is 30.4 Å². The van der Waals surface area contributed by atoms with Gasteiger partial charge in [-0.25, -0.2) is 4.98 Å². The number of aromatic nitrogens is 2. The van der Waals surface area contributed by atoms with Gasteiger partial charge in [-0.1, -0.05) is 6.58 Å². The van der Waals surface area contributed by atoms with Crippen LogP contribution in [0.15, 0.2) is 31.4 Å². The van der Waals surface area contributed by atoms with Crippen LogP contribution in [0.5, 0.6) is 0 Å². The first-order valence-corrected chi connectivity index (χ1v) is 3.48. The van der Waals surface area contributed by atoms with Crippen molar-refractivity contribution in [2.24, 2.45) is 0 Å². The molecule has 1 rings (SSSR count). The van der Waals surface area contributed by atoms with Crippen LogP contribution in [-0.2, 0) is 0 Å². The second kappa shape index (κ2) is 3.61. The Labute approximate surface area is 71.1 Å². The van der Waals surface area contributed by atoms with Gasteiger partial charge in [-0.15, -0.1) is 0 Å². The highest BCUT2D eigenvalue weighted by Gasteiger charge is 2.04. The Hall–Kier alpha value is -1.71. The maximum atomic E-state index is 7.38. The van der Waals surface area contributed by atoms with Gasteiger partial charge in [-0.2, -0.15) is 0 Å². The van der Waals surface area contributed by atoms with E-state index in [-0.39, 0.29) is 0 Å². The molecule has 0 saturated carbocycles. The first-order chi connectivity index (χ1) is 5.75. The smallest absolute Gasteiger partial charge is 0.156 e. The number of nitrogens with zero attached hydrogens (tertiary/aromatic N) is 3. The van der Waals surface area contributed by atoms with Gasteiger partial charge in [0.2, 0.25) is 0 Å². The zero-order valence-corrected chi connectivity index (χ0v) is 6.86. The van der Waals surface area contributed by atoms with E-state index < -0.39 is 0 Å². The van der Waals surface area contributed by atoms with Gasteiger partial charge < -0.3 is 0 Å². The molecule has 1 heterocycles. The molecule has 4 nitrogen and oxygen atoms in total. The van der Waals surface area contributed by atoms with Gasteiger partial charge in [-0.05, 0) is 6.92 Å². The molecule has 0 radical (unpaired) electrons. The third-order valence-corrected chi connectivity index (χ3v) is 1.34. The zero-order chi connectivity index (χ0) is 8.97. The first-order valence-electron chi connectivity index (χ1n) is 3.48. The van der Waals surface area contributed by atoms with Gasteiger partial charge in [0.15, 0.2) is 5.82 Å². The lowest BCUT2D eigenvalue weighted by molar-refractivity contribution is 1.13. The van der Waals surface area contributed by atoms with Gasteiger partial charge in [0, 0.05) is 18.6 Å². The van der Waals surface area contributed by atoms with Crippen LogP contribution >= 0.6 is 0 Å². The van der Waals surface area contributed by atoms with Crippen LogP contribution in [0.25, 0.3) is 0 Å². The monoisotopic (exact) mass is 162 g/mol. The van der Waals surface area contributed by atoms with E-state index >= 15 is 0 Å². The molecule has 0 spiro atoms. The second-order valence-corrected chi connectivity index (χ2v) is 2.20. The lowest BCUT2D eigenvalue weighted by atomic mass is 10.5. The van der Waals surface area contributed by atoms with Gasteiger partial charge in [0.25, 0.3) is 0 Å². The molecule has 0 amide bonds. The summed E-state index contributed by atoms with van der Waals surface area (Å²) >= 11 is 0. The number of anilines is 1. The minimum Gasteiger partial charge on any atom is -0.290 e. The Morgan fingerprint density at radius 3 is 2.83 bits per heavy atom. The van der Waals surface area contributed by atoms with E-state index in [2.05, 4.69) is 16.5 Å². The normalized spacial score (nSPS) is 9.08. The molecular formula is C8H10N4. The first kappa shape index (κ1) is 8.39. The number of rotatable bonds is 2. The minimum atomic E-state index is 0.366. The highest BCUT2D eigenvalue weighted by molar-refractivity contribution is 5.94. The van der Waals surface area contributed by atoms with Gasteiger partial charge in [0.1, 0.15) is 5.84 Å². The second-order valence-electron chi connectivity index (χ2n) is 2.20. The molecule has 0 fully saturated rings. The molecule has 1 aromatic heterocycles. The van der Waals surface area contributed by atoms with Crippen LogP contribution in [0.1, 0.15) is 6.92 Å². The fourth-order valence-corrected chi connectivity index (χ4v) is 0.818. The molecule has 4 heteroatoms. The maximum Gasteiger partial charge on any atom is 0.156 e. The van der Waals surface area contributed by atoms with E-state index in [4.69, 9.17) is 5.41 Å². The van der Waals surface area contributed by atoms with Crippen molar-refractivity contribution in [1.82, 2.24) is 9.97 Å². The molecule has 0 aliphatic heterocycles. The highest BCUT2D eigenvalue weighted by atomic mass is 15.2. The highest BCUT2D eigenvalue weighted by Crippen LogP contribution is 2.07. The molecule has 0 saturated heterocycles. The van der Waals surface area contributed by atoms with Crippen molar-refractivity contribution in [1.29, 1.82) is 5.41 Å². The quantitative estimate of drug-likeness (QED) is 0.528. The zero-order valence-electron chi connectivity index (χ0n) is 6.86. The van der Waals surface area contributed by atoms with Crippen molar-refractivity contribution < 1.29 is 0 Å². The molecule has 0 aliphatic carbocycles. The summed E-state index contributed by atoms with van der Waals surface area (Å²) in [7, 11) is 0. The van der Waals surface area contributed by atoms with Crippen molar-refractivity contribution in [3.63, 3.8) is 0 Å². The SMILES string of the molecule is C=CN(C(C)=N)c1cnccn1. The Morgan fingerprint density at radius 2 is 2.42 bits per heavy atom. The molecule has 0 unspecified atom stereocenters. The summed E-state index contributed by atoms with van der Waals surface area (Å²) < 4.78 is 0. The average Bonchev–Trinajstić information content (AvgIpc) is 2.07. The van der Waals surface area contributed by atoms with Gasteiger partial charge in [0.05, 0.1) is 6.20 Å². The summed E-state index contributed by atoms with van der Waals surface area (Å²) in [6.07, 6.45) is 6.28. The van der Waals surface area contributed by atoms with Crippen molar-refractivity contribution in [3.05, 3.63) is 31.4 Å². The predicted octanol–water partition coefficient (Wildman–Crippen LogP) is 1.42. The fourth-order valence-electron chi connectivity index (χ4n) is 0.818. The summed E-state index contributed by atoms with van der Waals surface area (Å²) in [6.45, 7) is 5.24. The van der Waals surface area contributed by atoms with Crippen LogP contribution in [0, 0.1) is 5.41 Å². The molecular weight excluding hydrogens is 152 g/mol. The van der Waals surface area contributed by atoms with Crippen LogP contribution in [0.3, 0.4) is 0 Å². The molecule has 62 valence electrons. The lowest BCUT2D eigenvalue weighted by Gasteiger charge is -2.15. The fraction of sp³-hybridized carbons (Fsp3) is 0.125. The summed E-state index contributed by atoms with van der Waals surface area (Å²) in [5.41, 5.74) is 0. The van der Waals surface area contributed by atoms with Crippen molar-refractivity contribution in [2.45, 2.75) is 6.92 Å². The van der Waals surface area contributed by atoms with Gasteiger partial charge in [-0.3, -0.25) is 15.3 Å². The van der Waals surface area contributed by atoms with E-state index in [0.29, 0.717) is 11.7 Å². The summed E-state index contributed by atoms with van der Waals surface area (Å²) in [4.78, 5) is 9.46. The third-order valence-electron chi connectivity index (χ3n) is 1.34. The topological polar surface area (TPSA) is 52.9 Å². The molecule has 12 heavy (non-hydrogen) atoms. The van der Waals surface area contributed by atoms with Gasteiger partial charge >= 0.3 is 0 Å². The predicted molar refractivity (Wildman–Crippen MR) is 48.1 cm³/mol. The Kier molecular flexibility index (Phi) is 2.53. The molecule has 0 aromatic carbocycles. The molecule has 0 aliphatic rings. The molecule has 0 bridgehead atoms. The maximum absolute atomic E-state index is 7.38. The number of hydrogen-bond acceptors (Lipinski definition) is 3. The number of hydrogen-bond donors (Lipinski definition) is 1. The number of amidine groups is 1. The van der Waals surface area contributed by atoms with E-state index in [1.165, 1.54) is 6.20 Å². The van der Waals surface area contributed by atoms with Crippen LogP contribution in [-0.4, -0.2) is 15.8 Å². The lowest BCUT2D eigenvalue weighted by Crippen LogP contribution is -2.21. The van der Waals surface area contributed by atoms with E-state index in [0.717, 1.165) is 0 Å². The van der Waals surface area contributed by atoms with Crippen LogP contribution < -0.4 is 4.90 Å².